The van der Waals surface area contributed by atoms with Gasteiger partial charge in [0.05, 0.1) is 17.9 Å². The Morgan fingerprint density at radius 3 is 2.79 bits per heavy atom. The number of amides is 1. The molecule has 0 bridgehead atoms. The van der Waals surface area contributed by atoms with Crippen LogP contribution in [0.4, 0.5) is 0 Å². The van der Waals surface area contributed by atoms with Crippen LogP contribution in [0.1, 0.15) is 38.6 Å². The number of nitrogens with zero attached hydrogens (tertiary/aromatic N) is 1. The van der Waals surface area contributed by atoms with Crippen LogP contribution < -0.4 is 5.32 Å². The summed E-state index contributed by atoms with van der Waals surface area (Å²) in [6.45, 7) is 6.60. The highest BCUT2D eigenvalue weighted by atomic mass is 32.2. The van der Waals surface area contributed by atoms with Crippen molar-refractivity contribution in [3.63, 3.8) is 0 Å². The summed E-state index contributed by atoms with van der Waals surface area (Å²) in [6.07, 6.45) is 1.49. The van der Waals surface area contributed by atoms with Crippen molar-refractivity contribution in [3.05, 3.63) is 17.5 Å². The molecule has 19 heavy (non-hydrogen) atoms. The highest BCUT2D eigenvalue weighted by Crippen LogP contribution is 2.20. The van der Waals surface area contributed by atoms with Gasteiger partial charge < -0.3 is 10.4 Å². The van der Waals surface area contributed by atoms with Gasteiger partial charge in [-0.05, 0) is 24.5 Å². The van der Waals surface area contributed by atoms with E-state index < -0.39 is 6.10 Å². The fourth-order valence-corrected chi connectivity index (χ4v) is 1.96. The minimum atomic E-state index is -0.933. The molecular formula is C13H23N3O2S. The third-order valence-corrected chi connectivity index (χ3v) is 3.39. The molecule has 6 heteroatoms. The van der Waals surface area contributed by atoms with Crippen molar-refractivity contribution in [2.24, 2.45) is 0 Å². The average molecular weight is 285 g/mol. The first kappa shape index (κ1) is 16.0. The second-order valence-corrected chi connectivity index (χ2v) is 6.53. The Hall–Kier alpha value is -1.01. The van der Waals surface area contributed by atoms with E-state index in [9.17, 15) is 9.90 Å². The van der Waals surface area contributed by atoms with E-state index in [1.54, 1.807) is 11.8 Å². The largest absolute Gasteiger partial charge is 0.383 e. The molecule has 0 radical (unpaired) electrons. The van der Waals surface area contributed by atoms with Crippen molar-refractivity contribution in [2.45, 2.75) is 45.3 Å². The number of aromatic amines is 1. The Morgan fingerprint density at radius 1 is 1.58 bits per heavy atom. The van der Waals surface area contributed by atoms with Crippen molar-refractivity contribution >= 4 is 17.7 Å². The van der Waals surface area contributed by atoms with Crippen LogP contribution in [0.5, 0.6) is 0 Å². The molecule has 0 fully saturated rings. The van der Waals surface area contributed by atoms with Crippen LogP contribution in [0.3, 0.4) is 0 Å². The minimum Gasteiger partial charge on any atom is -0.383 e. The topological polar surface area (TPSA) is 78.0 Å². The maximum atomic E-state index is 11.6. The van der Waals surface area contributed by atoms with Crippen molar-refractivity contribution < 1.29 is 9.90 Å². The van der Waals surface area contributed by atoms with Gasteiger partial charge in [0.1, 0.15) is 6.10 Å². The van der Waals surface area contributed by atoms with Crippen LogP contribution in [0.25, 0.3) is 0 Å². The van der Waals surface area contributed by atoms with Gasteiger partial charge in [0, 0.05) is 5.41 Å². The van der Waals surface area contributed by atoms with Gasteiger partial charge in [0.2, 0.25) is 5.91 Å². The highest BCUT2D eigenvalue weighted by molar-refractivity contribution is 7.98. The number of aliphatic hydroxyl groups is 1. The summed E-state index contributed by atoms with van der Waals surface area (Å²) in [7, 11) is 0. The molecule has 1 aromatic rings. The van der Waals surface area contributed by atoms with Gasteiger partial charge in [0.25, 0.3) is 0 Å². The monoisotopic (exact) mass is 285 g/mol. The maximum Gasteiger partial charge on any atom is 0.249 e. The SMILES string of the molecule is CSCCC(O)C(=O)NCc1cc(C(C)(C)C)n[nH]1. The first-order valence-electron chi connectivity index (χ1n) is 6.34. The lowest BCUT2D eigenvalue weighted by Crippen LogP contribution is -2.34. The molecule has 1 heterocycles. The van der Waals surface area contributed by atoms with Gasteiger partial charge in [-0.15, -0.1) is 0 Å². The summed E-state index contributed by atoms with van der Waals surface area (Å²) < 4.78 is 0. The summed E-state index contributed by atoms with van der Waals surface area (Å²) in [5.41, 5.74) is 1.78. The van der Waals surface area contributed by atoms with Crippen LogP contribution in [0.15, 0.2) is 6.07 Å². The van der Waals surface area contributed by atoms with Crippen molar-refractivity contribution in [1.29, 1.82) is 0 Å². The maximum absolute atomic E-state index is 11.6. The number of rotatable bonds is 6. The summed E-state index contributed by atoms with van der Waals surface area (Å²) in [5, 5.41) is 19.4. The van der Waals surface area contributed by atoms with Crippen LogP contribution in [-0.2, 0) is 16.8 Å². The van der Waals surface area contributed by atoms with E-state index in [1.165, 1.54) is 0 Å². The van der Waals surface area contributed by atoms with Crippen LogP contribution in [-0.4, -0.2) is 39.3 Å². The van der Waals surface area contributed by atoms with Gasteiger partial charge in [0.15, 0.2) is 0 Å². The zero-order chi connectivity index (χ0) is 14.5. The number of carbonyl (C=O) groups excluding carboxylic acids is 1. The van der Waals surface area contributed by atoms with E-state index in [0.717, 1.165) is 17.1 Å². The van der Waals surface area contributed by atoms with Gasteiger partial charge in [-0.1, -0.05) is 20.8 Å². The lowest BCUT2D eigenvalue weighted by atomic mass is 9.92. The number of hydrogen-bond donors (Lipinski definition) is 3. The fraction of sp³-hybridized carbons (Fsp3) is 0.692. The van der Waals surface area contributed by atoms with E-state index >= 15 is 0 Å². The molecule has 0 saturated carbocycles. The van der Waals surface area contributed by atoms with Crippen LogP contribution in [0.2, 0.25) is 0 Å². The molecule has 0 saturated heterocycles. The standard InChI is InChI=1S/C13H23N3O2S/c1-13(2,3)11-7-9(15-16-11)8-14-12(18)10(17)5-6-19-4/h7,10,17H,5-6,8H2,1-4H3,(H,14,18)(H,15,16). The third-order valence-electron chi connectivity index (χ3n) is 2.75. The molecule has 108 valence electrons. The molecule has 0 aromatic carbocycles. The van der Waals surface area contributed by atoms with E-state index in [4.69, 9.17) is 0 Å². The number of nitrogens with one attached hydrogen (secondary N) is 2. The van der Waals surface area contributed by atoms with Crippen molar-refractivity contribution in [3.8, 4) is 0 Å². The predicted molar refractivity (Wildman–Crippen MR) is 78.1 cm³/mol. The smallest absolute Gasteiger partial charge is 0.249 e. The summed E-state index contributed by atoms with van der Waals surface area (Å²) >= 11 is 1.61. The number of aromatic nitrogens is 2. The summed E-state index contributed by atoms with van der Waals surface area (Å²) in [5.74, 6) is 0.438. The molecule has 0 spiro atoms. The molecule has 1 amide bonds. The molecule has 1 unspecified atom stereocenters. The number of H-pyrrole nitrogens is 1. The molecule has 3 N–H and O–H groups in total. The molecule has 1 aromatic heterocycles. The Kier molecular flexibility index (Phi) is 5.87. The lowest BCUT2D eigenvalue weighted by molar-refractivity contribution is -0.129. The van der Waals surface area contributed by atoms with E-state index in [-0.39, 0.29) is 11.3 Å². The third kappa shape index (κ3) is 5.24. The molecule has 1 rings (SSSR count). The van der Waals surface area contributed by atoms with Gasteiger partial charge in [-0.2, -0.15) is 16.9 Å². The molecular weight excluding hydrogens is 262 g/mol. The van der Waals surface area contributed by atoms with E-state index in [1.807, 2.05) is 12.3 Å². The zero-order valence-electron chi connectivity index (χ0n) is 12.0. The van der Waals surface area contributed by atoms with Gasteiger partial charge in [-0.3, -0.25) is 9.89 Å². The normalized spacial score (nSPS) is 13.3. The van der Waals surface area contributed by atoms with Crippen molar-refractivity contribution in [1.82, 2.24) is 15.5 Å². The minimum absolute atomic E-state index is 0.0172. The van der Waals surface area contributed by atoms with Gasteiger partial charge >= 0.3 is 0 Å². The quantitative estimate of drug-likeness (QED) is 0.739. The Morgan fingerprint density at radius 2 is 2.26 bits per heavy atom. The van der Waals surface area contributed by atoms with E-state index in [0.29, 0.717) is 13.0 Å². The Bertz CT molecular complexity index is 412. The lowest BCUT2D eigenvalue weighted by Gasteiger charge is -2.13. The summed E-state index contributed by atoms with van der Waals surface area (Å²) in [6, 6.07) is 1.94. The second-order valence-electron chi connectivity index (χ2n) is 5.54. The second kappa shape index (κ2) is 6.96. The first-order valence-corrected chi connectivity index (χ1v) is 7.73. The van der Waals surface area contributed by atoms with E-state index in [2.05, 4.69) is 36.3 Å². The number of hydrogen-bond acceptors (Lipinski definition) is 4. The van der Waals surface area contributed by atoms with Crippen molar-refractivity contribution in [2.75, 3.05) is 12.0 Å². The number of carbonyl (C=O) groups is 1. The summed E-state index contributed by atoms with van der Waals surface area (Å²) in [4.78, 5) is 11.6. The molecule has 0 aliphatic carbocycles. The molecule has 0 aliphatic rings. The Labute approximate surface area is 118 Å². The fourth-order valence-electron chi connectivity index (χ4n) is 1.50. The zero-order valence-corrected chi connectivity index (χ0v) is 12.8. The predicted octanol–water partition coefficient (Wildman–Crippen LogP) is 1.44. The number of aliphatic hydroxyl groups excluding tert-OH is 1. The Balaban J connectivity index is 2.44. The van der Waals surface area contributed by atoms with Crippen LogP contribution >= 0.6 is 11.8 Å². The molecule has 5 nitrogen and oxygen atoms in total. The highest BCUT2D eigenvalue weighted by Gasteiger charge is 2.18. The average Bonchev–Trinajstić information content (AvgIpc) is 2.81. The molecule has 1 atom stereocenters. The number of thioether (sulfide) groups is 1. The molecule has 0 aliphatic heterocycles. The first-order chi connectivity index (χ1) is 8.84. The van der Waals surface area contributed by atoms with Gasteiger partial charge in [-0.25, -0.2) is 0 Å². The van der Waals surface area contributed by atoms with Crippen LogP contribution in [0, 0.1) is 0 Å².